The first-order chi connectivity index (χ1) is 23.7. The van der Waals surface area contributed by atoms with Crippen LogP contribution in [0.2, 0.25) is 0 Å². The maximum atomic E-state index is 14.5. The fourth-order valence-electron chi connectivity index (χ4n) is 6.08. The lowest BCUT2D eigenvalue weighted by atomic mass is 9.93. The van der Waals surface area contributed by atoms with Crippen LogP contribution in [0.15, 0.2) is 83.8 Å². The third-order valence-corrected chi connectivity index (χ3v) is 10.1. The molecule has 0 spiro atoms. The summed E-state index contributed by atoms with van der Waals surface area (Å²) in [6.45, 7) is 7.40. The lowest BCUT2D eigenvalue weighted by molar-refractivity contribution is -0.113. The van der Waals surface area contributed by atoms with E-state index >= 15 is 0 Å². The van der Waals surface area contributed by atoms with Gasteiger partial charge in [0.2, 0.25) is 5.91 Å². The molecule has 1 aliphatic rings. The summed E-state index contributed by atoms with van der Waals surface area (Å²) in [6.07, 6.45) is 4.22. The number of aliphatic hydroxyl groups excluding tert-OH is 1. The zero-order valence-corrected chi connectivity index (χ0v) is 29.2. The number of carbonyl (C=O) groups excluding carboxylic acids is 3. The summed E-state index contributed by atoms with van der Waals surface area (Å²) < 4.78 is 14.4. The molecule has 3 aromatic carbocycles. The van der Waals surface area contributed by atoms with Crippen LogP contribution in [0.3, 0.4) is 0 Å². The van der Waals surface area contributed by atoms with Gasteiger partial charge in [0.15, 0.2) is 5.69 Å². The summed E-state index contributed by atoms with van der Waals surface area (Å²) in [5, 5.41) is 17.9. The Hall–Kier alpha value is -4.61. The Morgan fingerprint density at radius 3 is 2.29 bits per heavy atom. The number of hydrogen-bond donors (Lipinski definition) is 2. The highest BCUT2D eigenvalue weighted by Gasteiger charge is 2.32. The molecule has 0 fully saturated rings. The fraction of sp³-hybridized carbons (Fsp3) is 0.368. The molecule has 258 valence electrons. The second-order valence-electron chi connectivity index (χ2n) is 12.4. The number of benzene rings is 3. The molecule has 1 aliphatic heterocycles. The van der Waals surface area contributed by atoms with E-state index in [0.29, 0.717) is 53.7 Å². The van der Waals surface area contributed by atoms with Crippen molar-refractivity contribution in [1.82, 2.24) is 19.6 Å². The summed E-state index contributed by atoms with van der Waals surface area (Å²) in [5.41, 5.74) is 4.09. The number of nitrogens with zero attached hydrogens (tertiary/aromatic N) is 4. The van der Waals surface area contributed by atoms with Crippen LogP contribution < -0.4 is 5.32 Å². The minimum atomic E-state index is -1.55. The van der Waals surface area contributed by atoms with E-state index in [4.69, 9.17) is 5.10 Å². The largest absolute Gasteiger partial charge is 0.394 e. The number of unbranched alkanes of at least 4 members (excludes halogenated alkanes) is 2. The van der Waals surface area contributed by atoms with Crippen molar-refractivity contribution in [3.8, 4) is 5.69 Å². The minimum absolute atomic E-state index is 0.153. The van der Waals surface area contributed by atoms with Crippen molar-refractivity contribution < 1.29 is 23.7 Å². The Bertz CT molecular complexity index is 1800. The molecule has 3 amide bonds. The van der Waals surface area contributed by atoms with E-state index in [-0.39, 0.29) is 29.7 Å². The lowest BCUT2D eigenvalue weighted by Crippen LogP contribution is -2.46. The first kappa shape index (κ1) is 35.7. The summed E-state index contributed by atoms with van der Waals surface area (Å²) in [7, 11) is -1.55. The smallest absolute Gasteiger partial charge is 0.274 e. The Labute approximate surface area is 290 Å². The summed E-state index contributed by atoms with van der Waals surface area (Å²) in [4.78, 5) is 45.2. The first-order valence-corrected chi connectivity index (χ1v) is 18.3. The monoisotopic (exact) mass is 683 g/mol. The van der Waals surface area contributed by atoms with Crippen LogP contribution in [0.25, 0.3) is 5.69 Å². The van der Waals surface area contributed by atoms with Gasteiger partial charge in [-0.2, -0.15) is 5.10 Å². The molecular formula is C38H45N5O5S. The van der Waals surface area contributed by atoms with Gasteiger partial charge in [0.05, 0.1) is 34.7 Å². The molecule has 11 heteroatoms. The quantitative estimate of drug-likeness (QED) is 0.180. The number of nitrogens with one attached hydrogen (secondary N) is 1. The van der Waals surface area contributed by atoms with Gasteiger partial charge in [0.25, 0.3) is 11.8 Å². The molecule has 5 rings (SSSR count). The van der Waals surface area contributed by atoms with Gasteiger partial charge in [-0.05, 0) is 73.7 Å². The summed E-state index contributed by atoms with van der Waals surface area (Å²) >= 11 is 0. The number of aliphatic hydroxyl groups is 1. The molecular weight excluding hydrogens is 639 g/mol. The maximum absolute atomic E-state index is 14.5. The standard InChI is InChI=1S/C38H45N5O5S/c1-4-6-19-41(20-7-5-2)38(47)34-21-27(3)43(40-34)35-18-17-30(39-36(45)26-49(48)32-15-9-8-10-16-32)23-33(35)37(46)42-24-29-14-12-11-13-28(29)22-31(42)25-44/h8-18,21,23,31,44H,4-7,19-20,22,24-26H2,1-3H3,(H,39,45). The first-order valence-electron chi connectivity index (χ1n) is 17.0. The van der Waals surface area contributed by atoms with Gasteiger partial charge in [-0.3, -0.25) is 18.6 Å². The normalized spacial score (nSPS) is 14.6. The van der Waals surface area contributed by atoms with E-state index in [1.54, 1.807) is 58.1 Å². The Morgan fingerprint density at radius 1 is 0.939 bits per heavy atom. The number of amides is 3. The zero-order valence-electron chi connectivity index (χ0n) is 28.4. The second kappa shape index (κ2) is 16.7. The van der Waals surface area contributed by atoms with Gasteiger partial charge >= 0.3 is 0 Å². The summed E-state index contributed by atoms with van der Waals surface area (Å²) in [5.74, 6) is -1.21. The van der Waals surface area contributed by atoms with Gasteiger partial charge in [-0.1, -0.05) is 69.2 Å². The third-order valence-electron chi connectivity index (χ3n) is 8.79. The van der Waals surface area contributed by atoms with Crippen molar-refractivity contribution in [1.29, 1.82) is 0 Å². The molecule has 0 radical (unpaired) electrons. The number of hydrogen-bond acceptors (Lipinski definition) is 6. The zero-order chi connectivity index (χ0) is 34.9. The van der Waals surface area contributed by atoms with Crippen LogP contribution in [0, 0.1) is 6.92 Å². The van der Waals surface area contributed by atoms with E-state index in [1.807, 2.05) is 42.2 Å². The number of aromatic nitrogens is 2. The third kappa shape index (κ3) is 8.52. The van der Waals surface area contributed by atoms with E-state index in [0.717, 1.165) is 36.8 Å². The number of anilines is 1. The van der Waals surface area contributed by atoms with E-state index < -0.39 is 22.7 Å². The van der Waals surface area contributed by atoms with Gasteiger partial charge in [0.1, 0.15) is 5.75 Å². The Balaban J connectivity index is 1.50. The maximum Gasteiger partial charge on any atom is 0.274 e. The Morgan fingerprint density at radius 2 is 1.61 bits per heavy atom. The SMILES string of the molecule is CCCCN(CCCC)C(=O)c1cc(C)n(-c2ccc(NC(=O)CS(=O)c3ccccc3)cc2C(=O)N2Cc3ccccc3CC2CO)n1. The van der Waals surface area contributed by atoms with Crippen molar-refractivity contribution in [3.05, 3.63) is 107 Å². The molecule has 2 N–H and O–H groups in total. The average Bonchev–Trinajstić information content (AvgIpc) is 3.51. The predicted octanol–water partition coefficient (Wildman–Crippen LogP) is 5.53. The second-order valence-corrected chi connectivity index (χ2v) is 13.9. The fourth-order valence-corrected chi connectivity index (χ4v) is 7.02. The number of rotatable bonds is 14. The summed E-state index contributed by atoms with van der Waals surface area (Å²) in [6, 6.07) is 22.9. The molecule has 0 saturated heterocycles. The number of carbonyl (C=O) groups is 3. The van der Waals surface area contributed by atoms with Gasteiger partial charge in [-0.25, -0.2) is 4.68 Å². The molecule has 10 nitrogen and oxygen atoms in total. The highest BCUT2D eigenvalue weighted by molar-refractivity contribution is 7.85. The van der Waals surface area contributed by atoms with Crippen molar-refractivity contribution in [2.75, 3.05) is 30.8 Å². The molecule has 2 atom stereocenters. The van der Waals surface area contributed by atoms with E-state index in [1.165, 1.54) is 0 Å². The van der Waals surface area contributed by atoms with Gasteiger partial charge in [0, 0.05) is 35.9 Å². The molecule has 0 bridgehead atoms. The van der Waals surface area contributed by atoms with Gasteiger partial charge in [-0.15, -0.1) is 0 Å². The van der Waals surface area contributed by atoms with E-state index in [9.17, 15) is 23.7 Å². The number of fused-ring (bicyclic) bond motifs is 1. The molecule has 0 aliphatic carbocycles. The molecule has 49 heavy (non-hydrogen) atoms. The molecule has 0 saturated carbocycles. The molecule has 2 heterocycles. The Kier molecular flexibility index (Phi) is 12.1. The minimum Gasteiger partial charge on any atom is -0.394 e. The van der Waals surface area contributed by atoms with Crippen LogP contribution in [0.1, 0.15) is 77.2 Å². The number of aryl methyl sites for hydroxylation is 1. The lowest BCUT2D eigenvalue weighted by Gasteiger charge is -2.36. The highest BCUT2D eigenvalue weighted by Crippen LogP contribution is 2.29. The van der Waals surface area contributed by atoms with Crippen LogP contribution in [-0.2, 0) is 28.6 Å². The molecule has 2 unspecified atom stereocenters. The van der Waals surface area contributed by atoms with Crippen molar-refractivity contribution in [3.63, 3.8) is 0 Å². The van der Waals surface area contributed by atoms with Gasteiger partial charge < -0.3 is 20.2 Å². The van der Waals surface area contributed by atoms with Crippen molar-refractivity contribution >= 4 is 34.2 Å². The van der Waals surface area contributed by atoms with Crippen molar-refractivity contribution in [2.45, 2.75) is 70.4 Å². The topological polar surface area (TPSA) is 125 Å². The average molecular weight is 684 g/mol. The van der Waals surface area contributed by atoms with Crippen molar-refractivity contribution in [2.24, 2.45) is 0 Å². The van der Waals surface area contributed by atoms with Crippen LogP contribution in [0.5, 0.6) is 0 Å². The predicted molar refractivity (Wildman–Crippen MR) is 191 cm³/mol. The van der Waals surface area contributed by atoms with Crippen LogP contribution in [0.4, 0.5) is 5.69 Å². The van der Waals surface area contributed by atoms with Crippen LogP contribution in [-0.4, -0.2) is 78.1 Å². The van der Waals surface area contributed by atoms with Crippen LogP contribution >= 0.6 is 0 Å². The molecule has 1 aromatic heterocycles. The van der Waals surface area contributed by atoms with E-state index in [2.05, 4.69) is 19.2 Å². The highest BCUT2D eigenvalue weighted by atomic mass is 32.2. The molecule has 4 aromatic rings.